The van der Waals surface area contributed by atoms with Gasteiger partial charge in [0.15, 0.2) is 0 Å². The smallest absolute Gasteiger partial charge is 0.118 e. The number of hydrogen-bond donors (Lipinski definition) is 2. The highest BCUT2D eigenvalue weighted by atomic mass is 15.4. The third kappa shape index (κ3) is 2.59. The minimum atomic E-state index is -0.155. The van der Waals surface area contributed by atoms with Gasteiger partial charge in [-0.25, -0.2) is 0 Å². The molecule has 0 bridgehead atoms. The summed E-state index contributed by atoms with van der Waals surface area (Å²) in [5.41, 5.74) is 2.57. The fraction of sp³-hybridized carbons (Fsp3) is 0.400. The molecule has 2 aromatic rings. The van der Waals surface area contributed by atoms with Gasteiger partial charge >= 0.3 is 0 Å². The summed E-state index contributed by atoms with van der Waals surface area (Å²) in [5, 5.41) is 7.70. The number of benzene rings is 2. The van der Waals surface area contributed by atoms with Crippen LogP contribution in [0.3, 0.4) is 0 Å². The van der Waals surface area contributed by atoms with Crippen molar-refractivity contribution in [2.75, 3.05) is 26.2 Å². The van der Waals surface area contributed by atoms with E-state index in [1.807, 2.05) is 0 Å². The van der Waals surface area contributed by atoms with Crippen LogP contribution in [0.2, 0.25) is 0 Å². The summed E-state index contributed by atoms with van der Waals surface area (Å²) in [6, 6.07) is 22.1. The van der Waals surface area contributed by atoms with Crippen LogP contribution in [-0.4, -0.2) is 31.1 Å². The van der Waals surface area contributed by atoms with E-state index in [4.69, 9.17) is 0 Å². The summed E-state index contributed by atoms with van der Waals surface area (Å²) in [6.07, 6.45) is 2.58. The van der Waals surface area contributed by atoms with Crippen LogP contribution in [-0.2, 0) is 5.66 Å². The van der Waals surface area contributed by atoms with Gasteiger partial charge in [-0.2, -0.15) is 0 Å². The molecular formula is C20H25N3. The van der Waals surface area contributed by atoms with Crippen LogP contribution in [0.1, 0.15) is 30.0 Å². The van der Waals surface area contributed by atoms with Crippen molar-refractivity contribution in [2.24, 2.45) is 0 Å². The molecule has 120 valence electrons. The van der Waals surface area contributed by atoms with Crippen LogP contribution in [0.5, 0.6) is 0 Å². The Labute approximate surface area is 138 Å². The van der Waals surface area contributed by atoms with E-state index in [2.05, 4.69) is 76.2 Å². The molecule has 2 heterocycles. The molecule has 0 spiro atoms. The molecule has 23 heavy (non-hydrogen) atoms. The SMILES string of the molecule is c1ccc(C2NCCNC2(c2ccccc2)N2CCCC2)cc1. The molecule has 4 rings (SSSR count). The zero-order chi connectivity index (χ0) is 15.5. The Bertz CT molecular complexity index is 622. The second-order valence-corrected chi connectivity index (χ2v) is 6.55. The number of nitrogens with zero attached hydrogens (tertiary/aromatic N) is 1. The Morgan fingerprint density at radius 2 is 1.48 bits per heavy atom. The quantitative estimate of drug-likeness (QED) is 0.913. The van der Waals surface area contributed by atoms with Crippen molar-refractivity contribution < 1.29 is 0 Å². The highest BCUT2D eigenvalue weighted by molar-refractivity contribution is 5.33. The largest absolute Gasteiger partial charge is 0.306 e. The van der Waals surface area contributed by atoms with E-state index in [9.17, 15) is 0 Å². The molecular weight excluding hydrogens is 282 g/mol. The third-order valence-electron chi connectivity index (χ3n) is 5.24. The highest BCUT2D eigenvalue weighted by Crippen LogP contribution is 2.41. The lowest BCUT2D eigenvalue weighted by molar-refractivity contribution is 0.0154. The summed E-state index contributed by atoms with van der Waals surface area (Å²) in [6.45, 7) is 4.32. The summed E-state index contributed by atoms with van der Waals surface area (Å²) in [7, 11) is 0. The molecule has 0 radical (unpaired) electrons. The second-order valence-electron chi connectivity index (χ2n) is 6.55. The zero-order valence-electron chi connectivity index (χ0n) is 13.5. The first-order valence-corrected chi connectivity index (χ1v) is 8.75. The van der Waals surface area contributed by atoms with Crippen molar-refractivity contribution in [3.63, 3.8) is 0 Å². The topological polar surface area (TPSA) is 27.3 Å². The van der Waals surface area contributed by atoms with Crippen molar-refractivity contribution in [3.05, 3.63) is 71.8 Å². The Balaban J connectivity index is 1.84. The highest BCUT2D eigenvalue weighted by Gasteiger charge is 2.48. The van der Waals surface area contributed by atoms with Gasteiger partial charge in [0.05, 0.1) is 6.04 Å². The first kappa shape index (κ1) is 14.9. The molecule has 2 atom stereocenters. The lowest BCUT2D eigenvalue weighted by Gasteiger charge is -2.51. The van der Waals surface area contributed by atoms with Gasteiger partial charge in [0.25, 0.3) is 0 Å². The average molecular weight is 307 g/mol. The molecule has 3 nitrogen and oxygen atoms in total. The fourth-order valence-corrected chi connectivity index (χ4v) is 4.23. The maximum atomic E-state index is 3.90. The monoisotopic (exact) mass is 307 g/mol. The van der Waals surface area contributed by atoms with Gasteiger partial charge in [-0.1, -0.05) is 60.7 Å². The fourth-order valence-electron chi connectivity index (χ4n) is 4.23. The predicted molar refractivity (Wildman–Crippen MR) is 94.1 cm³/mol. The van der Waals surface area contributed by atoms with Crippen molar-refractivity contribution in [2.45, 2.75) is 24.5 Å². The Kier molecular flexibility index (Phi) is 4.17. The van der Waals surface area contributed by atoms with E-state index in [0.717, 1.165) is 26.2 Å². The van der Waals surface area contributed by atoms with E-state index in [1.54, 1.807) is 0 Å². The first-order chi connectivity index (χ1) is 11.4. The van der Waals surface area contributed by atoms with E-state index in [-0.39, 0.29) is 11.7 Å². The minimum Gasteiger partial charge on any atom is -0.306 e. The van der Waals surface area contributed by atoms with E-state index in [0.29, 0.717) is 0 Å². The standard InChI is InChI=1S/C20H25N3/c1-3-9-17(10-4-1)19-20(22-14-13-21-19,23-15-7-8-16-23)18-11-5-2-6-12-18/h1-6,9-12,19,21-22H,7-8,13-16H2. The van der Waals surface area contributed by atoms with E-state index in [1.165, 1.54) is 24.0 Å². The summed E-state index contributed by atoms with van der Waals surface area (Å²) >= 11 is 0. The van der Waals surface area contributed by atoms with Gasteiger partial charge < -0.3 is 5.32 Å². The van der Waals surface area contributed by atoms with Crippen molar-refractivity contribution in [1.29, 1.82) is 0 Å². The molecule has 2 fully saturated rings. The molecule has 0 amide bonds. The van der Waals surface area contributed by atoms with Gasteiger partial charge in [0.2, 0.25) is 0 Å². The number of hydrogen-bond acceptors (Lipinski definition) is 3. The number of likely N-dealkylation sites (tertiary alicyclic amines) is 1. The molecule has 2 aliphatic rings. The number of rotatable bonds is 3. The summed E-state index contributed by atoms with van der Waals surface area (Å²) in [4.78, 5) is 2.64. The first-order valence-electron chi connectivity index (χ1n) is 8.75. The van der Waals surface area contributed by atoms with Crippen LogP contribution >= 0.6 is 0 Å². The van der Waals surface area contributed by atoms with Crippen LogP contribution in [0.15, 0.2) is 60.7 Å². The summed E-state index contributed by atoms with van der Waals surface area (Å²) in [5.74, 6) is 0. The predicted octanol–water partition coefficient (Wildman–Crippen LogP) is 2.87. The maximum Gasteiger partial charge on any atom is 0.118 e. The van der Waals surface area contributed by atoms with Crippen molar-refractivity contribution in [1.82, 2.24) is 15.5 Å². The molecule has 2 aliphatic heterocycles. The average Bonchev–Trinajstić information content (AvgIpc) is 3.18. The molecule has 2 N–H and O–H groups in total. The zero-order valence-corrected chi connectivity index (χ0v) is 13.5. The lowest BCUT2D eigenvalue weighted by atomic mass is 9.83. The van der Waals surface area contributed by atoms with Gasteiger partial charge in [0, 0.05) is 26.2 Å². The Hall–Kier alpha value is -1.68. The van der Waals surface area contributed by atoms with Gasteiger partial charge in [0.1, 0.15) is 5.66 Å². The molecule has 0 aliphatic carbocycles. The van der Waals surface area contributed by atoms with Crippen molar-refractivity contribution >= 4 is 0 Å². The van der Waals surface area contributed by atoms with Crippen LogP contribution in [0, 0.1) is 0 Å². The van der Waals surface area contributed by atoms with Crippen molar-refractivity contribution in [3.8, 4) is 0 Å². The minimum absolute atomic E-state index is 0.155. The van der Waals surface area contributed by atoms with Gasteiger partial charge in [-0.15, -0.1) is 0 Å². The maximum absolute atomic E-state index is 3.90. The van der Waals surface area contributed by atoms with Crippen LogP contribution < -0.4 is 10.6 Å². The normalized spacial score (nSPS) is 28.8. The summed E-state index contributed by atoms with van der Waals surface area (Å²) < 4.78 is 0. The molecule has 2 saturated heterocycles. The third-order valence-corrected chi connectivity index (χ3v) is 5.24. The second kappa shape index (κ2) is 6.44. The molecule has 2 unspecified atom stereocenters. The van der Waals surface area contributed by atoms with Crippen LogP contribution in [0.4, 0.5) is 0 Å². The van der Waals surface area contributed by atoms with Crippen LogP contribution in [0.25, 0.3) is 0 Å². The molecule has 0 saturated carbocycles. The lowest BCUT2D eigenvalue weighted by Crippen LogP contribution is -2.66. The van der Waals surface area contributed by atoms with E-state index >= 15 is 0 Å². The van der Waals surface area contributed by atoms with Gasteiger partial charge in [-0.05, 0) is 24.0 Å². The molecule has 0 aromatic heterocycles. The van der Waals surface area contributed by atoms with Gasteiger partial charge in [-0.3, -0.25) is 10.2 Å². The van der Waals surface area contributed by atoms with E-state index < -0.39 is 0 Å². The molecule has 3 heteroatoms. The Morgan fingerprint density at radius 3 is 2.17 bits per heavy atom. The number of piperazine rings is 1. The number of nitrogens with one attached hydrogen (secondary N) is 2. The Morgan fingerprint density at radius 1 is 0.826 bits per heavy atom. The molecule has 2 aromatic carbocycles.